The van der Waals surface area contributed by atoms with Crippen molar-refractivity contribution in [2.45, 2.75) is 13.0 Å². The number of carbonyl (C=O) groups is 1. The van der Waals surface area contributed by atoms with Gasteiger partial charge in [-0.3, -0.25) is 4.90 Å². The molecule has 1 aromatic carbocycles. The Morgan fingerprint density at radius 3 is 2.67 bits per heavy atom. The topological polar surface area (TPSA) is 48.0 Å². The third-order valence-corrected chi connectivity index (χ3v) is 3.12. The minimum atomic E-state index is -0.430. The normalized spacial score (nSPS) is 17.2. The molecule has 116 valence electrons. The van der Waals surface area contributed by atoms with Crippen molar-refractivity contribution in [3.8, 4) is 5.75 Å². The molecule has 1 heterocycles. The first-order valence-electron chi connectivity index (χ1n) is 7.01. The second-order valence-electron chi connectivity index (χ2n) is 4.96. The standard InChI is InChI=1S/C15H20FNO4/c1-12(10-17-6-8-19-9-7-17)21-15(18)11-20-14-4-2-13(16)3-5-14/h2-5,12H,6-11H2,1H3/t12-/m1/s1. The molecule has 0 aliphatic carbocycles. The van der Waals surface area contributed by atoms with E-state index in [2.05, 4.69) is 4.90 Å². The molecule has 1 aliphatic rings. The van der Waals surface area contributed by atoms with E-state index in [9.17, 15) is 9.18 Å². The van der Waals surface area contributed by atoms with E-state index in [-0.39, 0.29) is 18.5 Å². The summed E-state index contributed by atoms with van der Waals surface area (Å²) >= 11 is 0. The van der Waals surface area contributed by atoms with Crippen LogP contribution in [0.25, 0.3) is 0 Å². The summed E-state index contributed by atoms with van der Waals surface area (Å²) in [4.78, 5) is 13.9. The Bertz CT molecular complexity index is 445. The molecule has 6 heteroatoms. The predicted molar refractivity (Wildman–Crippen MR) is 74.7 cm³/mol. The zero-order chi connectivity index (χ0) is 15.1. The van der Waals surface area contributed by atoms with E-state index in [1.807, 2.05) is 6.92 Å². The summed E-state index contributed by atoms with van der Waals surface area (Å²) in [5.74, 6) is -0.335. The summed E-state index contributed by atoms with van der Waals surface area (Å²) in [6, 6.07) is 5.50. The molecule has 0 unspecified atom stereocenters. The second-order valence-corrected chi connectivity index (χ2v) is 4.96. The number of rotatable bonds is 6. The van der Waals surface area contributed by atoms with Gasteiger partial charge < -0.3 is 14.2 Å². The lowest BCUT2D eigenvalue weighted by Gasteiger charge is -2.28. The zero-order valence-corrected chi connectivity index (χ0v) is 12.1. The highest BCUT2D eigenvalue weighted by molar-refractivity contribution is 5.71. The average molecular weight is 297 g/mol. The Labute approximate surface area is 123 Å². The smallest absolute Gasteiger partial charge is 0.344 e. The Balaban J connectivity index is 1.67. The van der Waals surface area contributed by atoms with Gasteiger partial charge in [0.2, 0.25) is 0 Å². The van der Waals surface area contributed by atoms with Crippen molar-refractivity contribution < 1.29 is 23.4 Å². The Morgan fingerprint density at radius 2 is 2.00 bits per heavy atom. The molecular weight excluding hydrogens is 277 g/mol. The van der Waals surface area contributed by atoms with Crippen LogP contribution in [-0.4, -0.2) is 56.4 Å². The van der Waals surface area contributed by atoms with Crippen molar-refractivity contribution in [3.63, 3.8) is 0 Å². The monoisotopic (exact) mass is 297 g/mol. The number of carbonyl (C=O) groups excluding carboxylic acids is 1. The van der Waals surface area contributed by atoms with Gasteiger partial charge in [-0.15, -0.1) is 0 Å². The van der Waals surface area contributed by atoms with Crippen LogP contribution in [0.4, 0.5) is 4.39 Å². The van der Waals surface area contributed by atoms with E-state index >= 15 is 0 Å². The molecule has 0 spiro atoms. The van der Waals surface area contributed by atoms with Crippen LogP contribution >= 0.6 is 0 Å². The maximum atomic E-state index is 12.7. The van der Waals surface area contributed by atoms with Gasteiger partial charge in [0, 0.05) is 19.6 Å². The highest BCUT2D eigenvalue weighted by atomic mass is 19.1. The molecule has 1 atom stereocenters. The Morgan fingerprint density at radius 1 is 1.33 bits per heavy atom. The van der Waals surface area contributed by atoms with Gasteiger partial charge in [-0.2, -0.15) is 0 Å². The van der Waals surface area contributed by atoms with Crippen molar-refractivity contribution in [1.29, 1.82) is 0 Å². The fraction of sp³-hybridized carbons (Fsp3) is 0.533. The van der Waals surface area contributed by atoms with Gasteiger partial charge in [-0.05, 0) is 31.2 Å². The lowest BCUT2D eigenvalue weighted by molar-refractivity contribution is -0.151. The van der Waals surface area contributed by atoms with Crippen LogP contribution in [0, 0.1) is 5.82 Å². The molecule has 1 aromatic rings. The summed E-state index contributed by atoms with van der Waals surface area (Å²) in [6.07, 6.45) is -0.201. The van der Waals surface area contributed by atoms with Gasteiger partial charge in [0.15, 0.2) is 6.61 Å². The largest absolute Gasteiger partial charge is 0.482 e. The van der Waals surface area contributed by atoms with E-state index in [0.29, 0.717) is 25.5 Å². The predicted octanol–water partition coefficient (Wildman–Crippen LogP) is 1.47. The molecule has 0 saturated carbocycles. The molecule has 5 nitrogen and oxygen atoms in total. The van der Waals surface area contributed by atoms with E-state index in [1.54, 1.807) is 0 Å². The lowest BCUT2D eigenvalue weighted by atomic mass is 10.3. The van der Waals surface area contributed by atoms with Crippen LogP contribution in [0.1, 0.15) is 6.92 Å². The summed E-state index contributed by atoms with van der Waals surface area (Å²) in [5, 5.41) is 0. The highest BCUT2D eigenvalue weighted by Crippen LogP contribution is 2.11. The first-order valence-corrected chi connectivity index (χ1v) is 7.01. The number of halogens is 1. The number of hydrogen-bond donors (Lipinski definition) is 0. The summed E-state index contributed by atoms with van der Waals surface area (Å²) in [6.45, 7) is 5.50. The third kappa shape index (κ3) is 5.69. The Hall–Kier alpha value is -1.66. The molecule has 2 rings (SSSR count). The van der Waals surface area contributed by atoms with E-state index in [0.717, 1.165) is 13.1 Å². The van der Waals surface area contributed by atoms with Crippen LogP contribution in [0.2, 0.25) is 0 Å². The van der Waals surface area contributed by atoms with Gasteiger partial charge in [-0.25, -0.2) is 9.18 Å². The molecule has 0 amide bonds. The van der Waals surface area contributed by atoms with Gasteiger partial charge in [0.25, 0.3) is 0 Å². The van der Waals surface area contributed by atoms with Gasteiger partial charge in [-0.1, -0.05) is 0 Å². The fourth-order valence-electron chi connectivity index (χ4n) is 2.12. The number of hydrogen-bond acceptors (Lipinski definition) is 5. The van der Waals surface area contributed by atoms with E-state index in [1.165, 1.54) is 24.3 Å². The molecule has 0 bridgehead atoms. The number of nitrogens with zero attached hydrogens (tertiary/aromatic N) is 1. The van der Waals surface area contributed by atoms with Crippen molar-refractivity contribution in [1.82, 2.24) is 4.90 Å². The van der Waals surface area contributed by atoms with Crippen LogP contribution in [0.5, 0.6) is 5.75 Å². The molecule has 1 fully saturated rings. The minimum absolute atomic E-state index is 0.181. The molecule has 1 saturated heterocycles. The number of esters is 1. The van der Waals surface area contributed by atoms with E-state index in [4.69, 9.17) is 14.2 Å². The summed E-state index contributed by atoms with van der Waals surface area (Å²) < 4.78 is 28.5. The minimum Gasteiger partial charge on any atom is -0.482 e. The van der Waals surface area contributed by atoms with E-state index < -0.39 is 5.97 Å². The average Bonchev–Trinajstić information content (AvgIpc) is 2.47. The van der Waals surface area contributed by atoms with Gasteiger partial charge in [0.1, 0.15) is 17.7 Å². The van der Waals surface area contributed by atoms with Crippen LogP contribution in [-0.2, 0) is 14.3 Å². The highest BCUT2D eigenvalue weighted by Gasteiger charge is 2.16. The van der Waals surface area contributed by atoms with Gasteiger partial charge >= 0.3 is 5.97 Å². The third-order valence-electron chi connectivity index (χ3n) is 3.12. The van der Waals surface area contributed by atoms with Crippen LogP contribution in [0.15, 0.2) is 24.3 Å². The zero-order valence-electron chi connectivity index (χ0n) is 12.1. The molecule has 21 heavy (non-hydrogen) atoms. The first-order chi connectivity index (χ1) is 10.1. The number of benzene rings is 1. The SMILES string of the molecule is C[C@H](CN1CCOCC1)OC(=O)COc1ccc(F)cc1. The first kappa shape index (κ1) is 15.7. The van der Waals surface area contributed by atoms with Crippen LogP contribution in [0.3, 0.4) is 0 Å². The second kappa shape index (κ2) is 7.95. The molecular formula is C15H20FNO4. The lowest BCUT2D eigenvalue weighted by Crippen LogP contribution is -2.41. The van der Waals surface area contributed by atoms with Crippen molar-refractivity contribution in [3.05, 3.63) is 30.1 Å². The van der Waals surface area contributed by atoms with Crippen molar-refractivity contribution >= 4 is 5.97 Å². The van der Waals surface area contributed by atoms with Gasteiger partial charge in [0.05, 0.1) is 13.2 Å². The Kier molecular flexibility index (Phi) is 5.95. The maximum Gasteiger partial charge on any atom is 0.344 e. The molecule has 0 aromatic heterocycles. The molecule has 0 N–H and O–H groups in total. The van der Waals surface area contributed by atoms with Crippen molar-refractivity contribution in [2.24, 2.45) is 0 Å². The fourth-order valence-corrected chi connectivity index (χ4v) is 2.12. The number of ether oxygens (including phenoxy) is 3. The molecule has 0 radical (unpaired) electrons. The molecule has 1 aliphatic heterocycles. The number of morpholine rings is 1. The summed E-state index contributed by atoms with van der Waals surface area (Å²) in [5.41, 5.74) is 0. The maximum absolute atomic E-state index is 12.7. The van der Waals surface area contributed by atoms with Crippen molar-refractivity contribution in [2.75, 3.05) is 39.5 Å². The summed E-state index contributed by atoms with van der Waals surface area (Å²) in [7, 11) is 0. The van der Waals surface area contributed by atoms with Crippen LogP contribution < -0.4 is 4.74 Å². The quantitative estimate of drug-likeness (QED) is 0.744.